The highest BCUT2D eigenvalue weighted by atomic mass is 79.9. The van der Waals surface area contributed by atoms with E-state index < -0.39 is 5.41 Å². The first-order valence-corrected chi connectivity index (χ1v) is 9.12. The molecule has 1 spiro atoms. The van der Waals surface area contributed by atoms with Crippen LogP contribution in [0, 0.1) is 11.6 Å². The van der Waals surface area contributed by atoms with Crippen molar-refractivity contribution in [3.8, 4) is 0 Å². The lowest BCUT2D eigenvalue weighted by Gasteiger charge is -2.44. The van der Waals surface area contributed by atoms with Gasteiger partial charge in [0.1, 0.15) is 11.6 Å². The summed E-state index contributed by atoms with van der Waals surface area (Å²) in [5.41, 5.74) is 2.32. The van der Waals surface area contributed by atoms with Crippen LogP contribution in [0.2, 0.25) is 0 Å². The van der Waals surface area contributed by atoms with E-state index in [-0.39, 0.29) is 23.5 Å². The van der Waals surface area contributed by atoms with Crippen molar-refractivity contribution < 1.29 is 13.6 Å². The fourth-order valence-corrected chi connectivity index (χ4v) is 4.66. The smallest absolute Gasteiger partial charge is 0.235 e. The molecule has 1 amide bonds. The number of pyridine rings is 1. The standard InChI is InChI=1S/C20H13BrF2N2O/c21-14-5-13-16(6-15(14)23)24-9-17-18(13)20(19(26)25-17)7-11(8-20)10-2-1-3-12(22)4-10/h1-6,9,11H,7-8H2,(H,25,26). The van der Waals surface area contributed by atoms with Gasteiger partial charge in [-0.15, -0.1) is 0 Å². The molecule has 1 aromatic heterocycles. The molecule has 0 unspecified atom stereocenters. The third kappa shape index (κ3) is 2.08. The Kier molecular flexibility index (Phi) is 3.26. The number of benzene rings is 2. The van der Waals surface area contributed by atoms with Crippen LogP contribution in [-0.2, 0) is 10.2 Å². The van der Waals surface area contributed by atoms with Gasteiger partial charge in [-0.3, -0.25) is 9.78 Å². The summed E-state index contributed by atoms with van der Waals surface area (Å²) in [6, 6.07) is 9.60. The molecule has 1 aliphatic heterocycles. The molecule has 0 radical (unpaired) electrons. The van der Waals surface area contributed by atoms with Gasteiger partial charge in [0.15, 0.2) is 0 Å². The normalized spacial score (nSPS) is 23.8. The van der Waals surface area contributed by atoms with E-state index in [0.717, 1.165) is 16.5 Å². The lowest BCUT2D eigenvalue weighted by atomic mass is 9.57. The van der Waals surface area contributed by atoms with Crippen molar-refractivity contribution in [2.45, 2.75) is 24.2 Å². The Morgan fingerprint density at radius 2 is 2.00 bits per heavy atom. The minimum atomic E-state index is -0.662. The number of carbonyl (C=O) groups is 1. The molecule has 2 heterocycles. The lowest BCUT2D eigenvalue weighted by molar-refractivity contribution is -0.124. The van der Waals surface area contributed by atoms with Crippen molar-refractivity contribution in [3.63, 3.8) is 0 Å². The number of aromatic nitrogens is 1. The van der Waals surface area contributed by atoms with Crippen molar-refractivity contribution in [2.75, 3.05) is 5.32 Å². The van der Waals surface area contributed by atoms with Gasteiger partial charge in [-0.25, -0.2) is 8.78 Å². The molecule has 26 heavy (non-hydrogen) atoms. The van der Waals surface area contributed by atoms with Crippen LogP contribution in [0.1, 0.15) is 29.9 Å². The molecule has 0 bridgehead atoms. The summed E-state index contributed by atoms with van der Waals surface area (Å²) in [7, 11) is 0. The molecule has 1 aliphatic carbocycles. The number of hydrogen-bond donors (Lipinski definition) is 1. The van der Waals surface area contributed by atoms with E-state index in [2.05, 4.69) is 26.2 Å². The topological polar surface area (TPSA) is 42.0 Å². The summed E-state index contributed by atoms with van der Waals surface area (Å²) in [6.45, 7) is 0. The Morgan fingerprint density at radius 1 is 1.19 bits per heavy atom. The van der Waals surface area contributed by atoms with E-state index in [1.807, 2.05) is 6.07 Å². The molecular weight excluding hydrogens is 402 g/mol. The first-order valence-electron chi connectivity index (χ1n) is 8.33. The van der Waals surface area contributed by atoms with Crippen LogP contribution in [0.3, 0.4) is 0 Å². The molecule has 1 saturated carbocycles. The maximum atomic E-state index is 13.9. The van der Waals surface area contributed by atoms with Gasteiger partial charge in [0.05, 0.1) is 27.3 Å². The van der Waals surface area contributed by atoms with E-state index in [0.29, 0.717) is 28.5 Å². The Labute approximate surface area is 156 Å². The number of carbonyl (C=O) groups excluding carboxylic acids is 1. The average Bonchev–Trinajstić information content (AvgIpc) is 2.87. The van der Waals surface area contributed by atoms with Crippen molar-refractivity contribution in [1.82, 2.24) is 4.98 Å². The molecule has 130 valence electrons. The Bertz CT molecular complexity index is 1090. The molecular formula is C20H13BrF2N2O. The van der Waals surface area contributed by atoms with E-state index in [9.17, 15) is 13.6 Å². The summed E-state index contributed by atoms with van der Waals surface area (Å²) in [5, 5.41) is 3.69. The van der Waals surface area contributed by atoms with Crippen LogP contribution in [0.25, 0.3) is 10.9 Å². The zero-order valence-corrected chi connectivity index (χ0v) is 15.1. The Balaban J connectivity index is 1.62. The minimum Gasteiger partial charge on any atom is -0.324 e. The number of amides is 1. The van der Waals surface area contributed by atoms with Gasteiger partial charge < -0.3 is 5.32 Å². The van der Waals surface area contributed by atoms with E-state index in [1.54, 1.807) is 18.3 Å². The van der Waals surface area contributed by atoms with Crippen molar-refractivity contribution >= 4 is 38.4 Å². The second kappa shape index (κ2) is 5.33. The van der Waals surface area contributed by atoms with Crippen LogP contribution >= 0.6 is 15.9 Å². The van der Waals surface area contributed by atoms with Crippen LogP contribution in [0.5, 0.6) is 0 Å². The predicted molar refractivity (Wildman–Crippen MR) is 98.1 cm³/mol. The van der Waals surface area contributed by atoms with Gasteiger partial charge >= 0.3 is 0 Å². The molecule has 2 aromatic carbocycles. The number of nitrogens with zero attached hydrogens (tertiary/aromatic N) is 1. The first kappa shape index (κ1) is 15.9. The van der Waals surface area contributed by atoms with Gasteiger partial charge in [0.2, 0.25) is 5.91 Å². The van der Waals surface area contributed by atoms with Crippen molar-refractivity contribution in [3.05, 3.63) is 69.8 Å². The van der Waals surface area contributed by atoms with Crippen molar-refractivity contribution in [2.24, 2.45) is 0 Å². The van der Waals surface area contributed by atoms with Crippen LogP contribution < -0.4 is 5.32 Å². The third-order valence-corrected chi connectivity index (χ3v) is 6.19. The molecule has 3 aromatic rings. The number of fused-ring (bicyclic) bond motifs is 4. The number of rotatable bonds is 1. The zero-order valence-electron chi connectivity index (χ0n) is 13.5. The summed E-state index contributed by atoms with van der Waals surface area (Å²) >= 11 is 3.22. The molecule has 2 aliphatic rings. The minimum absolute atomic E-state index is 0.0603. The number of nitrogens with one attached hydrogen (secondary N) is 1. The predicted octanol–water partition coefficient (Wildman–Crippen LogP) is 5.04. The largest absolute Gasteiger partial charge is 0.324 e. The maximum absolute atomic E-state index is 13.9. The van der Waals surface area contributed by atoms with Crippen molar-refractivity contribution in [1.29, 1.82) is 0 Å². The van der Waals surface area contributed by atoms with Crippen LogP contribution in [0.15, 0.2) is 47.1 Å². The molecule has 3 nitrogen and oxygen atoms in total. The Hall–Kier alpha value is -2.34. The summed E-state index contributed by atoms with van der Waals surface area (Å²) in [4.78, 5) is 17.1. The highest BCUT2D eigenvalue weighted by Crippen LogP contribution is 2.59. The van der Waals surface area contributed by atoms with Crippen LogP contribution in [0.4, 0.5) is 14.5 Å². The van der Waals surface area contributed by atoms with E-state index in [4.69, 9.17) is 0 Å². The molecule has 1 N–H and O–H groups in total. The second-order valence-corrected chi connectivity index (χ2v) is 7.88. The summed E-state index contributed by atoms with van der Waals surface area (Å²) < 4.78 is 27.8. The second-order valence-electron chi connectivity index (χ2n) is 7.03. The highest BCUT2D eigenvalue weighted by molar-refractivity contribution is 9.10. The molecule has 0 atom stereocenters. The zero-order chi connectivity index (χ0) is 18.1. The van der Waals surface area contributed by atoms with E-state index in [1.165, 1.54) is 18.2 Å². The van der Waals surface area contributed by atoms with E-state index >= 15 is 0 Å². The number of hydrogen-bond acceptors (Lipinski definition) is 2. The van der Waals surface area contributed by atoms with Gasteiger partial charge in [0.25, 0.3) is 0 Å². The Morgan fingerprint density at radius 3 is 2.77 bits per heavy atom. The fourth-order valence-electron chi connectivity index (χ4n) is 4.32. The summed E-state index contributed by atoms with van der Waals surface area (Å²) in [6.07, 6.45) is 2.79. The fraction of sp³-hybridized carbons (Fsp3) is 0.200. The SMILES string of the molecule is O=C1Nc2cnc3cc(F)c(Br)cc3c2C12CC(c1cccc(F)c1)C2. The quantitative estimate of drug-likeness (QED) is 0.605. The van der Waals surface area contributed by atoms with Gasteiger partial charge in [0, 0.05) is 17.0 Å². The third-order valence-electron chi connectivity index (χ3n) is 5.58. The highest BCUT2D eigenvalue weighted by Gasteiger charge is 2.56. The molecule has 0 saturated heterocycles. The number of halogens is 3. The maximum Gasteiger partial charge on any atom is 0.235 e. The molecule has 1 fully saturated rings. The van der Waals surface area contributed by atoms with Gasteiger partial charge in [-0.1, -0.05) is 12.1 Å². The van der Waals surface area contributed by atoms with Gasteiger partial charge in [-0.2, -0.15) is 0 Å². The summed E-state index contributed by atoms with van der Waals surface area (Å²) in [5.74, 6) is -0.597. The van der Waals surface area contributed by atoms with Crippen LogP contribution in [-0.4, -0.2) is 10.9 Å². The number of anilines is 1. The molecule has 6 heteroatoms. The lowest BCUT2D eigenvalue weighted by Crippen LogP contribution is -2.45. The average molecular weight is 415 g/mol. The van der Waals surface area contributed by atoms with Gasteiger partial charge in [-0.05, 0) is 58.5 Å². The monoisotopic (exact) mass is 414 g/mol. The molecule has 5 rings (SSSR count). The first-order chi connectivity index (χ1) is 12.5.